The summed E-state index contributed by atoms with van der Waals surface area (Å²) in [6, 6.07) is 0.919. The summed E-state index contributed by atoms with van der Waals surface area (Å²) in [5, 5.41) is 0. The van der Waals surface area contributed by atoms with Gasteiger partial charge < -0.3 is 4.90 Å². The topological polar surface area (TPSA) is 3.24 Å². The van der Waals surface area contributed by atoms with Crippen LogP contribution in [0.2, 0.25) is 0 Å². The van der Waals surface area contributed by atoms with Crippen molar-refractivity contribution >= 4 is 0 Å². The number of hydrogen-bond donors (Lipinski definition) is 0. The summed E-state index contributed by atoms with van der Waals surface area (Å²) in [6.07, 6.45) is 5.87. The molecule has 1 saturated carbocycles. The first-order valence-electron chi connectivity index (χ1n) is 5.03. The molecule has 0 amide bonds. The Kier molecular flexibility index (Phi) is 1.92. The van der Waals surface area contributed by atoms with E-state index in [0.29, 0.717) is 0 Å². The number of rotatable bonds is 1. The molecule has 1 heteroatoms. The second-order valence-corrected chi connectivity index (χ2v) is 4.27. The summed E-state index contributed by atoms with van der Waals surface area (Å²) in [6.45, 7) is 3.71. The van der Waals surface area contributed by atoms with Gasteiger partial charge in [-0.2, -0.15) is 0 Å². The monoisotopic (exact) mass is 153 g/mol. The Hall–Kier alpha value is -0.0400. The van der Waals surface area contributed by atoms with Crippen LogP contribution >= 0.6 is 0 Å². The molecule has 1 saturated heterocycles. The summed E-state index contributed by atoms with van der Waals surface area (Å²) in [7, 11) is 2.30. The molecule has 0 aromatic carbocycles. The second kappa shape index (κ2) is 2.78. The first kappa shape index (κ1) is 7.60. The average Bonchev–Trinajstić information content (AvgIpc) is 2.46. The van der Waals surface area contributed by atoms with Gasteiger partial charge in [-0.25, -0.2) is 0 Å². The van der Waals surface area contributed by atoms with Crippen LogP contribution in [0.5, 0.6) is 0 Å². The molecule has 1 nitrogen and oxygen atoms in total. The van der Waals surface area contributed by atoms with Crippen molar-refractivity contribution in [2.24, 2.45) is 11.8 Å². The maximum Gasteiger partial charge on any atom is 0.0121 e. The van der Waals surface area contributed by atoms with Crippen molar-refractivity contribution in [3.8, 4) is 0 Å². The lowest BCUT2D eigenvalue weighted by Crippen LogP contribution is -2.28. The highest BCUT2D eigenvalue weighted by molar-refractivity contribution is 4.94. The molecular formula is C10H19N. The molecule has 3 unspecified atom stereocenters. The third-order valence-corrected chi connectivity index (χ3v) is 3.72. The summed E-state index contributed by atoms with van der Waals surface area (Å²) in [5.74, 6) is 2.12. The van der Waals surface area contributed by atoms with Crippen LogP contribution in [-0.4, -0.2) is 24.5 Å². The summed E-state index contributed by atoms with van der Waals surface area (Å²) in [5.41, 5.74) is 0. The Morgan fingerprint density at radius 1 is 1.36 bits per heavy atom. The molecule has 2 rings (SSSR count). The van der Waals surface area contributed by atoms with Gasteiger partial charge in [-0.3, -0.25) is 0 Å². The highest BCUT2D eigenvalue weighted by Gasteiger charge is 2.40. The van der Waals surface area contributed by atoms with Gasteiger partial charge in [0.2, 0.25) is 0 Å². The molecule has 0 spiro atoms. The molecule has 0 aromatic heterocycles. The molecular weight excluding hydrogens is 134 g/mol. The minimum Gasteiger partial charge on any atom is -0.303 e. The van der Waals surface area contributed by atoms with E-state index in [9.17, 15) is 0 Å². The molecule has 1 aliphatic heterocycles. The molecule has 0 bridgehead atoms. The van der Waals surface area contributed by atoms with Crippen molar-refractivity contribution < 1.29 is 0 Å². The van der Waals surface area contributed by atoms with E-state index < -0.39 is 0 Å². The molecule has 0 radical (unpaired) electrons. The maximum absolute atomic E-state index is 2.58. The predicted octanol–water partition coefficient (Wildman–Crippen LogP) is 2.13. The fourth-order valence-electron chi connectivity index (χ4n) is 3.25. The Morgan fingerprint density at radius 2 is 2.18 bits per heavy atom. The summed E-state index contributed by atoms with van der Waals surface area (Å²) in [4.78, 5) is 2.58. The zero-order valence-corrected chi connectivity index (χ0v) is 7.71. The molecule has 3 atom stereocenters. The Bertz CT molecular complexity index is 144. The SMILES string of the molecule is CCC1C2CCCC2CN1C. The third kappa shape index (κ3) is 1.10. The van der Waals surface area contributed by atoms with E-state index in [1.807, 2.05) is 0 Å². The Morgan fingerprint density at radius 3 is 2.91 bits per heavy atom. The van der Waals surface area contributed by atoms with Gasteiger partial charge in [0.25, 0.3) is 0 Å². The highest BCUT2D eigenvalue weighted by Crippen LogP contribution is 2.42. The zero-order valence-electron chi connectivity index (χ0n) is 7.71. The predicted molar refractivity (Wildman–Crippen MR) is 47.5 cm³/mol. The van der Waals surface area contributed by atoms with Gasteiger partial charge >= 0.3 is 0 Å². The van der Waals surface area contributed by atoms with E-state index in [-0.39, 0.29) is 0 Å². The zero-order chi connectivity index (χ0) is 7.84. The Labute approximate surface area is 69.8 Å². The van der Waals surface area contributed by atoms with Crippen molar-refractivity contribution in [2.75, 3.05) is 13.6 Å². The Balaban J connectivity index is 2.07. The average molecular weight is 153 g/mol. The molecule has 0 N–H and O–H groups in total. The number of nitrogens with zero attached hydrogens (tertiary/aromatic N) is 1. The lowest BCUT2D eigenvalue weighted by atomic mass is 9.93. The molecule has 64 valence electrons. The first-order valence-corrected chi connectivity index (χ1v) is 5.03. The van der Waals surface area contributed by atoms with Crippen LogP contribution in [0.4, 0.5) is 0 Å². The van der Waals surface area contributed by atoms with Crippen molar-refractivity contribution in [3.63, 3.8) is 0 Å². The number of fused-ring (bicyclic) bond motifs is 1. The standard InChI is InChI=1S/C10H19N/c1-3-10-9-6-4-5-8(9)7-11(10)2/h8-10H,3-7H2,1-2H3. The highest BCUT2D eigenvalue weighted by atomic mass is 15.2. The lowest BCUT2D eigenvalue weighted by molar-refractivity contribution is 0.259. The van der Waals surface area contributed by atoms with Crippen LogP contribution < -0.4 is 0 Å². The van der Waals surface area contributed by atoms with Crippen molar-refractivity contribution in [1.29, 1.82) is 0 Å². The fourth-order valence-corrected chi connectivity index (χ4v) is 3.25. The molecule has 2 fully saturated rings. The van der Waals surface area contributed by atoms with Crippen LogP contribution in [0.3, 0.4) is 0 Å². The van der Waals surface area contributed by atoms with Gasteiger partial charge in [0.15, 0.2) is 0 Å². The van der Waals surface area contributed by atoms with E-state index in [1.54, 1.807) is 0 Å². The number of hydrogen-bond acceptors (Lipinski definition) is 1. The van der Waals surface area contributed by atoms with E-state index in [1.165, 1.54) is 32.2 Å². The minimum atomic E-state index is 0.919. The van der Waals surface area contributed by atoms with Crippen molar-refractivity contribution in [1.82, 2.24) is 4.90 Å². The quantitative estimate of drug-likeness (QED) is 0.558. The van der Waals surface area contributed by atoms with Gasteiger partial charge in [0.05, 0.1) is 0 Å². The van der Waals surface area contributed by atoms with Crippen LogP contribution in [0, 0.1) is 11.8 Å². The van der Waals surface area contributed by atoms with E-state index in [4.69, 9.17) is 0 Å². The van der Waals surface area contributed by atoms with Gasteiger partial charge in [0, 0.05) is 12.6 Å². The summed E-state index contributed by atoms with van der Waals surface area (Å²) >= 11 is 0. The van der Waals surface area contributed by atoms with E-state index in [2.05, 4.69) is 18.9 Å². The van der Waals surface area contributed by atoms with E-state index in [0.717, 1.165) is 17.9 Å². The summed E-state index contributed by atoms with van der Waals surface area (Å²) < 4.78 is 0. The first-order chi connectivity index (χ1) is 5.33. The maximum atomic E-state index is 2.58. The van der Waals surface area contributed by atoms with Gasteiger partial charge in [0.1, 0.15) is 0 Å². The largest absolute Gasteiger partial charge is 0.303 e. The van der Waals surface area contributed by atoms with Crippen LogP contribution in [-0.2, 0) is 0 Å². The number of likely N-dealkylation sites (tertiary alicyclic amines) is 1. The molecule has 1 heterocycles. The van der Waals surface area contributed by atoms with Gasteiger partial charge in [-0.05, 0) is 38.1 Å². The smallest absolute Gasteiger partial charge is 0.0121 e. The van der Waals surface area contributed by atoms with Crippen LogP contribution in [0.15, 0.2) is 0 Å². The van der Waals surface area contributed by atoms with E-state index >= 15 is 0 Å². The lowest BCUT2D eigenvalue weighted by Gasteiger charge is -2.22. The second-order valence-electron chi connectivity index (χ2n) is 4.27. The van der Waals surface area contributed by atoms with Crippen LogP contribution in [0.25, 0.3) is 0 Å². The fraction of sp³-hybridized carbons (Fsp3) is 1.00. The van der Waals surface area contributed by atoms with Crippen molar-refractivity contribution in [2.45, 2.75) is 38.6 Å². The molecule has 2 aliphatic rings. The van der Waals surface area contributed by atoms with Gasteiger partial charge in [-0.1, -0.05) is 13.3 Å². The van der Waals surface area contributed by atoms with Crippen LogP contribution in [0.1, 0.15) is 32.6 Å². The minimum absolute atomic E-state index is 0.919. The van der Waals surface area contributed by atoms with Crippen molar-refractivity contribution in [3.05, 3.63) is 0 Å². The van der Waals surface area contributed by atoms with Gasteiger partial charge in [-0.15, -0.1) is 0 Å². The normalized spacial score (nSPS) is 44.7. The molecule has 11 heavy (non-hydrogen) atoms. The third-order valence-electron chi connectivity index (χ3n) is 3.72. The molecule has 1 aliphatic carbocycles. The molecule has 0 aromatic rings.